The molecule has 36 heavy (non-hydrogen) atoms. The summed E-state index contributed by atoms with van der Waals surface area (Å²) >= 11 is 0. The molecule has 2 aliphatic rings. The minimum Gasteiger partial charge on any atom is -0.508 e. The summed E-state index contributed by atoms with van der Waals surface area (Å²) in [6, 6.07) is 13.7. The van der Waals surface area contributed by atoms with Gasteiger partial charge >= 0.3 is 0 Å². The number of hydrogen-bond acceptors (Lipinski definition) is 5. The number of methoxy groups -OCH3 is 1. The van der Waals surface area contributed by atoms with Gasteiger partial charge in [0.15, 0.2) is 0 Å². The highest BCUT2D eigenvalue weighted by atomic mass is 16.5. The lowest BCUT2D eigenvalue weighted by molar-refractivity contribution is -0.136. The second-order valence-corrected chi connectivity index (χ2v) is 11.0. The van der Waals surface area contributed by atoms with Crippen LogP contribution in [0.15, 0.2) is 42.5 Å². The molecule has 6 nitrogen and oxygen atoms in total. The molecule has 1 saturated heterocycles. The van der Waals surface area contributed by atoms with Crippen LogP contribution in [0.25, 0.3) is 0 Å². The Morgan fingerprint density at radius 3 is 2.67 bits per heavy atom. The molecule has 0 bridgehead atoms. The molecule has 2 N–H and O–H groups in total. The average Bonchev–Trinajstić information content (AvgIpc) is 2.87. The summed E-state index contributed by atoms with van der Waals surface area (Å²) in [5.74, 6) is 2.64. The van der Waals surface area contributed by atoms with Gasteiger partial charge in [0.05, 0.1) is 18.6 Å². The van der Waals surface area contributed by atoms with E-state index in [0.717, 1.165) is 75.1 Å². The molecule has 0 aliphatic carbocycles. The van der Waals surface area contributed by atoms with Crippen molar-refractivity contribution in [3.63, 3.8) is 0 Å². The van der Waals surface area contributed by atoms with Crippen LogP contribution in [0, 0.1) is 11.3 Å². The fourth-order valence-corrected chi connectivity index (χ4v) is 5.68. The third kappa shape index (κ3) is 6.52. The van der Waals surface area contributed by atoms with Gasteiger partial charge in [0.1, 0.15) is 23.9 Å². The lowest BCUT2D eigenvalue weighted by atomic mass is 9.73. The number of amides is 1. The summed E-state index contributed by atoms with van der Waals surface area (Å²) < 4.78 is 11.6. The second-order valence-electron chi connectivity index (χ2n) is 11.0. The number of carbonyl (C=O) groups excluding carboxylic acids is 1. The van der Waals surface area contributed by atoms with Crippen molar-refractivity contribution in [3.05, 3.63) is 53.6 Å². The van der Waals surface area contributed by atoms with Crippen LogP contribution in [0.3, 0.4) is 0 Å². The molecule has 6 heteroatoms. The highest BCUT2D eigenvalue weighted by Gasteiger charge is 2.41. The summed E-state index contributed by atoms with van der Waals surface area (Å²) in [6.45, 7) is 7.20. The van der Waals surface area contributed by atoms with Crippen molar-refractivity contribution in [1.82, 2.24) is 10.2 Å². The second kappa shape index (κ2) is 12.0. The first-order valence-corrected chi connectivity index (χ1v) is 13.5. The van der Waals surface area contributed by atoms with E-state index < -0.39 is 0 Å². The number of hydrogen-bond donors (Lipinski definition) is 2. The van der Waals surface area contributed by atoms with E-state index in [-0.39, 0.29) is 23.1 Å². The maximum Gasteiger partial charge on any atom is 0.226 e. The molecule has 1 amide bonds. The van der Waals surface area contributed by atoms with Gasteiger partial charge in [-0.15, -0.1) is 0 Å². The molecule has 2 aromatic rings. The molecule has 1 spiro atoms. The average molecular weight is 495 g/mol. The van der Waals surface area contributed by atoms with Gasteiger partial charge in [-0.3, -0.25) is 9.69 Å². The Morgan fingerprint density at radius 1 is 1.14 bits per heavy atom. The molecule has 2 aliphatic heterocycles. The lowest BCUT2D eigenvalue weighted by Crippen LogP contribution is -2.52. The molecule has 196 valence electrons. The summed E-state index contributed by atoms with van der Waals surface area (Å²) in [7, 11) is 1.64. The van der Waals surface area contributed by atoms with Gasteiger partial charge < -0.3 is 19.9 Å². The zero-order valence-corrected chi connectivity index (χ0v) is 22.1. The van der Waals surface area contributed by atoms with E-state index in [0.29, 0.717) is 19.1 Å². The zero-order chi connectivity index (χ0) is 25.5. The first-order chi connectivity index (χ1) is 17.4. The number of piperidine rings is 1. The number of fused-ring (bicyclic) bond motifs is 1. The van der Waals surface area contributed by atoms with Gasteiger partial charge in [-0.2, -0.15) is 0 Å². The number of aryl methyl sites for hydroxylation is 1. The fraction of sp³-hybridized carbons (Fsp3) is 0.567. The molecule has 0 saturated carbocycles. The molecular weight excluding hydrogens is 452 g/mol. The minimum absolute atomic E-state index is 0.00591. The van der Waals surface area contributed by atoms with Crippen LogP contribution in [-0.2, 0) is 17.8 Å². The Bertz CT molecular complexity index is 1010. The number of ether oxygens (including phenoxy) is 2. The number of carbonyl (C=O) groups is 1. The van der Waals surface area contributed by atoms with E-state index in [1.54, 1.807) is 19.2 Å². The van der Waals surface area contributed by atoms with E-state index in [4.69, 9.17) is 9.47 Å². The Labute approximate surface area is 216 Å². The molecule has 2 aromatic carbocycles. The summed E-state index contributed by atoms with van der Waals surface area (Å²) in [5.41, 5.74) is 1.77. The SMILES string of the molecule is COc1ccc(O)c(CN2CCC3(CCCCc4ccccc4OC[C@H](CC(C)C)NC3=O)CC2)c1. The fourth-order valence-electron chi connectivity index (χ4n) is 5.68. The van der Waals surface area contributed by atoms with Crippen molar-refractivity contribution in [2.75, 3.05) is 26.8 Å². The van der Waals surface area contributed by atoms with E-state index in [1.165, 1.54) is 5.56 Å². The third-order valence-corrected chi connectivity index (χ3v) is 7.83. The van der Waals surface area contributed by atoms with Crippen LogP contribution in [-0.4, -0.2) is 48.8 Å². The van der Waals surface area contributed by atoms with Gasteiger partial charge in [0.25, 0.3) is 0 Å². The Balaban J connectivity index is 1.47. The highest BCUT2D eigenvalue weighted by molar-refractivity contribution is 5.83. The summed E-state index contributed by atoms with van der Waals surface area (Å²) in [5, 5.41) is 13.7. The number of likely N-dealkylation sites (tertiary alicyclic amines) is 1. The first kappa shape index (κ1) is 26.3. The van der Waals surface area contributed by atoms with Crippen molar-refractivity contribution < 1.29 is 19.4 Å². The van der Waals surface area contributed by atoms with E-state index >= 15 is 0 Å². The Hall–Kier alpha value is -2.73. The topological polar surface area (TPSA) is 71.0 Å². The van der Waals surface area contributed by atoms with Crippen LogP contribution >= 0.6 is 0 Å². The molecule has 1 atom stereocenters. The quantitative estimate of drug-likeness (QED) is 0.589. The number of para-hydroxylation sites is 1. The lowest BCUT2D eigenvalue weighted by Gasteiger charge is -2.42. The Kier molecular flexibility index (Phi) is 8.78. The molecular formula is C30H42N2O4. The van der Waals surface area contributed by atoms with Crippen molar-refractivity contribution in [2.24, 2.45) is 11.3 Å². The van der Waals surface area contributed by atoms with Gasteiger partial charge in [0.2, 0.25) is 5.91 Å². The molecule has 0 unspecified atom stereocenters. The van der Waals surface area contributed by atoms with Gasteiger partial charge in [-0.05, 0) is 87.4 Å². The zero-order valence-electron chi connectivity index (χ0n) is 22.1. The van der Waals surface area contributed by atoms with Crippen molar-refractivity contribution in [2.45, 2.75) is 71.4 Å². The molecule has 0 aromatic heterocycles. The largest absolute Gasteiger partial charge is 0.508 e. The third-order valence-electron chi connectivity index (χ3n) is 7.83. The number of aromatic hydroxyl groups is 1. The number of nitrogens with one attached hydrogen (secondary N) is 1. The van der Waals surface area contributed by atoms with Crippen LogP contribution in [0.4, 0.5) is 0 Å². The van der Waals surface area contributed by atoms with Crippen LogP contribution in [0.2, 0.25) is 0 Å². The first-order valence-electron chi connectivity index (χ1n) is 13.5. The molecule has 1 fully saturated rings. The number of phenols is 1. The predicted molar refractivity (Wildman–Crippen MR) is 142 cm³/mol. The maximum atomic E-state index is 13.8. The van der Waals surface area contributed by atoms with Crippen molar-refractivity contribution in [3.8, 4) is 17.2 Å². The minimum atomic E-state index is -0.346. The molecule has 0 radical (unpaired) electrons. The Morgan fingerprint density at radius 2 is 1.92 bits per heavy atom. The normalized spacial score (nSPS) is 21.1. The number of phenolic OH excluding ortho intramolecular Hbond substituents is 1. The smallest absolute Gasteiger partial charge is 0.226 e. The number of benzene rings is 2. The van der Waals surface area contributed by atoms with Gasteiger partial charge in [-0.25, -0.2) is 0 Å². The highest BCUT2D eigenvalue weighted by Crippen LogP contribution is 2.39. The molecule has 4 rings (SSSR count). The van der Waals surface area contributed by atoms with Crippen LogP contribution in [0.5, 0.6) is 17.2 Å². The van der Waals surface area contributed by atoms with Gasteiger partial charge in [0, 0.05) is 12.1 Å². The van der Waals surface area contributed by atoms with Crippen molar-refractivity contribution >= 4 is 5.91 Å². The molecule has 2 heterocycles. The van der Waals surface area contributed by atoms with Crippen LogP contribution in [0.1, 0.15) is 63.5 Å². The summed E-state index contributed by atoms with van der Waals surface area (Å²) in [6.07, 6.45) is 6.51. The standard InChI is InChI=1S/C30H42N2O4/c1-22(2)18-25-21-36-28-10-5-4-8-23(28)9-6-7-13-30(29(34)31-25)14-16-32(17-15-30)20-24-19-26(35-3)11-12-27(24)33/h4-5,8,10-12,19,22,25,33H,6-7,9,13-18,20-21H2,1-3H3,(H,31,34)/t25-/m0/s1. The maximum absolute atomic E-state index is 13.8. The van der Waals surface area contributed by atoms with Crippen LogP contribution < -0.4 is 14.8 Å². The summed E-state index contributed by atoms with van der Waals surface area (Å²) in [4.78, 5) is 16.1. The van der Waals surface area contributed by atoms with Gasteiger partial charge in [-0.1, -0.05) is 38.5 Å². The predicted octanol–water partition coefficient (Wildman–Crippen LogP) is 5.32. The number of rotatable bonds is 5. The van der Waals surface area contributed by atoms with E-state index in [2.05, 4.69) is 36.2 Å². The number of nitrogens with zero attached hydrogens (tertiary/aromatic N) is 1. The van der Waals surface area contributed by atoms with E-state index in [9.17, 15) is 9.90 Å². The van der Waals surface area contributed by atoms with Crippen molar-refractivity contribution in [1.29, 1.82) is 0 Å². The van der Waals surface area contributed by atoms with E-state index in [1.807, 2.05) is 18.2 Å². The monoisotopic (exact) mass is 494 g/mol.